The van der Waals surface area contributed by atoms with E-state index in [9.17, 15) is 0 Å². The van der Waals surface area contributed by atoms with Gasteiger partial charge >= 0.3 is 0 Å². The minimum absolute atomic E-state index is 1.18. The molecule has 0 bridgehead atoms. The lowest BCUT2D eigenvalue weighted by Crippen LogP contribution is -1.93. The summed E-state index contributed by atoms with van der Waals surface area (Å²) in [5.74, 6) is 0. The average molecular weight is 175 g/mol. The summed E-state index contributed by atoms with van der Waals surface area (Å²) in [6.07, 6.45) is 6.21. The highest BCUT2D eigenvalue weighted by Crippen LogP contribution is 2.13. The van der Waals surface area contributed by atoms with Crippen LogP contribution in [0.4, 0.5) is 0 Å². The molecular formula is C13H19. The topological polar surface area (TPSA) is 0 Å². The van der Waals surface area contributed by atoms with Crippen LogP contribution >= 0.6 is 0 Å². The zero-order chi connectivity index (χ0) is 9.52. The van der Waals surface area contributed by atoms with Crippen molar-refractivity contribution in [3.05, 3.63) is 35.4 Å². The Morgan fingerprint density at radius 1 is 1.15 bits per heavy atom. The Hall–Kier alpha value is -0.780. The monoisotopic (exact) mass is 175 g/mol. The van der Waals surface area contributed by atoms with E-state index in [4.69, 9.17) is 0 Å². The minimum atomic E-state index is 1.18. The second-order valence-electron chi connectivity index (χ2n) is 3.53. The van der Waals surface area contributed by atoms with Crippen LogP contribution in [-0.2, 0) is 12.8 Å². The molecule has 1 aromatic rings. The van der Waals surface area contributed by atoms with Crippen LogP contribution in [0.2, 0.25) is 0 Å². The summed E-state index contributed by atoms with van der Waals surface area (Å²) in [5, 5.41) is 0. The summed E-state index contributed by atoms with van der Waals surface area (Å²) in [4.78, 5) is 0. The maximum Gasteiger partial charge on any atom is -0.0146 e. The number of hydrogen-bond donors (Lipinski definition) is 0. The van der Waals surface area contributed by atoms with Gasteiger partial charge in [0, 0.05) is 0 Å². The quantitative estimate of drug-likeness (QED) is 0.639. The van der Waals surface area contributed by atoms with Crippen molar-refractivity contribution in [1.29, 1.82) is 0 Å². The largest absolute Gasteiger partial charge is 0.0654 e. The number of unbranched alkanes of at least 4 members (excludes halogenated alkanes) is 1. The number of benzene rings is 1. The highest BCUT2D eigenvalue weighted by atomic mass is 14.0. The summed E-state index contributed by atoms with van der Waals surface area (Å²) in [7, 11) is 0. The van der Waals surface area contributed by atoms with Crippen molar-refractivity contribution in [2.75, 3.05) is 0 Å². The molecule has 0 saturated carbocycles. The molecule has 1 aromatic carbocycles. The summed E-state index contributed by atoms with van der Waals surface area (Å²) in [6.45, 7) is 4.47. The number of hydrogen-bond acceptors (Lipinski definition) is 0. The van der Waals surface area contributed by atoms with Crippen molar-refractivity contribution in [3.8, 4) is 0 Å². The molecule has 0 amide bonds. The van der Waals surface area contributed by atoms with Crippen LogP contribution in [0.15, 0.2) is 18.2 Å². The van der Waals surface area contributed by atoms with Crippen LogP contribution < -0.4 is 0 Å². The van der Waals surface area contributed by atoms with Gasteiger partial charge in [0.25, 0.3) is 0 Å². The molecule has 0 aliphatic rings. The molecule has 0 heteroatoms. The summed E-state index contributed by atoms with van der Waals surface area (Å²) >= 11 is 0. The van der Waals surface area contributed by atoms with E-state index in [0.717, 1.165) is 0 Å². The van der Waals surface area contributed by atoms with E-state index in [0.29, 0.717) is 0 Å². The summed E-state index contributed by atoms with van der Waals surface area (Å²) < 4.78 is 0. The molecule has 0 aliphatic heterocycles. The van der Waals surface area contributed by atoms with Gasteiger partial charge in [0.2, 0.25) is 0 Å². The van der Waals surface area contributed by atoms with E-state index in [2.05, 4.69) is 32.0 Å². The molecule has 1 radical (unpaired) electrons. The van der Waals surface area contributed by atoms with Gasteiger partial charge in [0.05, 0.1) is 0 Å². The highest BCUT2D eigenvalue weighted by molar-refractivity contribution is 5.26. The molecular weight excluding hydrogens is 156 g/mol. The second-order valence-corrected chi connectivity index (χ2v) is 3.53. The van der Waals surface area contributed by atoms with Crippen LogP contribution in [0, 0.1) is 6.07 Å². The Morgan fingerprint density at radius 3 is 2.69 bits per heavy atom. The number of rotatable bonds is 5. The maximum atomic E-state index is 3.35. The van der Waals surface area contributed by atoms with Crippen LogP contribution in [0.25, 0.3) is 0 Å². The third kappa shape index (κ3) is 3.22. The van der Waals surface area contributed by atoms with Gasteiger partial charge in [-0.25, -0.2) is 0 Å². The fourth-order valence-corrected chi connectivity index (χ4v) is 1.59. The van der Waals surface area contributed by atoms with Crippen molar-refractivity contribution in [1.82, 2.24) is 0 Å². The third-order valence-electron chi connectivity index (χ3n) is 2.34. The SMILES string of the molecule is CCCCc1ccc[c]c1CCC. The van der Waals surface area contributed by atoms with E-state index in [-0.39, 0.29) is 0 Å². The summed E-state index contributed by atoms with van der Waals surface area (Å²) in [5.41, 5.74) is 2.93. The Bertz CT molecular complexity index is 238. The molecule has 1 rings (SSSR count). The predicted molar refractivity (Wildman–Crippen MR) is 57.9 cm³/mol. The lowest BCUT2D eigenvalue weighted by molar-refractivity contribution is 0.780. The first-order chi connectivity index (χ1) is 6.38. The van der Waals surface area contributed by atoms with E-state index in [1.807, 2.05) is 6.07 Å². The predicted octanol–water partition coefficient (Wildman–Crippen LogP) is 3.78. The van der Waals surface area contributed by atoms with Gasteiger partial charge < -0.3 is 0 Å². The maximum absolute atomic E-state index is 3.35. The van der Waals surface area contributed by atoms with E-state index in [1.165, 1.54) is 43.2 Å². The molecule has 13 heavy (non-hydrogen) atoms. The van der Waals surface area contributed by atoms with Gasteiger partial charge in [0.15, 0.2) is 0 Å². The molecule has 0 aliphatic carbocycles. The zero-order valence-electron chi connectivity index (χ0n) is 8.77. The van der Waals surface area contributed by atoms with Crippen molar-refractivity contribution in [3.63, 3.8) is 0 Å². The van der Waals surface area contributed by atoms with Crippen molar-refractivity contribution in [2.24, 2.45) is 0 Å². The molecule has 0 spiro atoms. The smallest absolute Gasteiger partial charge is 0.0146 e. The van der Waals surface area contributed by atoms with Crippen LogP contribution in [0.3, 0.4) is 0 Å². The molecule has 0 saturated heterocycles. The van der Waals surface area contributed by atoms with Crippen LogP contribution in [0.1, 0.15) is 44.2 Å². The Morgan fingerprint density at radius 2 is 2.00 bits per heavy atom. The molecule has 0 aromatic heterocycles. The molecule has 71 valence electrons. The van der Waals surface area contributed by atoms with Crippen LogP contribution in [0.5, 0.6) is 0 Å². The Balaban J connectivity index is 2.66. The first-order valence-electron chi connectivity index (χ1n) is 5.37. The number of aryl methyl sites for hydroxylation is 2. The van der Waals surface area contributed by atoms with Crippen molar-refractivity contribution >= 4 is 0 Å². The van der Waals surface area contributed by atoms with Gasteiger partial charge in [-0.15, -0.1) is 0 Å². The highest BCUT2D eigenvalue weighted by Gasteiger charge is 1.99. The van der Waals surface area contributed by atoms with Crippen molar-refractivity contribution < 1.29 is 0 Å². The van der Waals surface area contributed by atoms with Gasteiger partial charge in [-0.05, 0) is 36.5 Å². The molecule has 0 heterocycles. The first kappa shape index (κ1) is 10.3. The lowest BCUT2D eigenvalue weighted by Gasteiger charge is -2.06. The van der Waals surface area contributed by atoms with Gasteiger partial charge in [-0.3, -0.25) is 0 Å². The van der Waals surface area contributed by atoms with Crippen molar-refractivity contribution in [2.45, 2.75) is 46.0 Å². The van der Waals surface area contributed by atoms with E-state index in [1.54, 1.807) is 0 Å². The normalized spacial score (nSPS) is 10.3. The standard InChI is InChI=1S/C13H19/c1-3-5-9-13-11-7-6-10-12(13)8-4-2/h6-7,11H,3-5,8-9H2,1-2H3. The molecule has 0 nitrogen and oxygen atoms in total. The Kier molecular flexibility index (Phi) is 4.59. The fraction of sp³-hybridized carbons (Fsp3) is 0.538. The lowest BCUT2D eigenvalue weighted by atomic mass is 9.99. The molecule has 0 N–H and O–H groups in total. The summed E-state index contributed by atoms with van der Waals surface area (Å²) in [6, 6.07) is 9.72. The molecule has 0 unspecified atom stereocenters. The molecule has 0 atom stereocenters. The van der Waals surface area contributed by atoms with E-state index < -0.39 is 0 Å². The van der Waals surface area contributed by atoms with Gasteiger partial charge in [-0.1, -0.05) is 44.9 Å². The molecule has 0 fully saturated rings. The van der Waals surface area contributed by atoms with Gasteiger partial charge in [0.1, 0.15) is 0 Å². The first-order valence-corrected chi connectivity index (χ1v) is 5.37. The Labute approximate surface area is 82.0 Å². The minimum Gasteiger partial charge on any atom is -0.0654 e. The van der Waals surface area contributed by atoms with Crippen LogP contribution in [-0.4, -0.2) is 0 Å². The second kappa shape index (κ2) is 5.80. The fourth-order valence-electron chi connectivity index (χ4n) is 1.59. The van der Waals surface area contributed by atoms with Gasteiger partial charge in [-0.2, -0.15) is 0 Å². The average Bonchev–Trinajstić information content (AvgIpc) is 2.17. The third-order valence-corrected chi connectivity index (χ3v) is 2.34. The van der Waals surface area contributed by atoms with E-state index >= 15 is 0 Å². The zero-order valence-corrected chi connectivity index (χ0v) is 8.77.